The molecule has 5 heteroatoms. The van der Waals surface area contributed by atoms with Crippen molar-refractivity contribution >= 4 is 33.2 Å². The lowest BCUT2D eigenvalue weighted by Crippen LogP contribution is -2.28. The van der Waals surface area contributed by atoms with Crippen LogP contribution in [0.1, 0.15) is 38.3 Å². The van der Waals surface area contributed by atoms with Gasteiger partial charge in [0.2, 0.25) is 5.91 Å². The Balaban J connectivity index is 2.34. The smallest absolute Gasteiger partial charge is 0.245 e. The molecular weight excluding hydrogens is 306 g/mol. The van der Waals surface area contributed by atoms with Gasteiger partial charge in [0.15, 0.2) is 0 Å². The van der Waals surface area contributed by atoms with Gasteiger partial charge >= 0.3 is 0 Å². The average Bonchev–Trinajstić information content (AvgIpc) is 2.64. The topological polar surface area (TPSA) is 58.4 Å². The van der Waals surface area contributed by atoms with Crippen LogP contribution in [0.5, 0.6) is 0 Å². The van der Waals surface area contributed by atoms with Gasteiger partial charge in [0.05, 0.1) is 5.69 Å². The zero-order chi connectivity index (χ0) is 14.2. The Morgan fingerprint density at radius 2 is 2.21 bits per heavy atom. The number of rotatable bonds is 4. The Kier molecular flexibility index (Phi) is 4.16. The summed E-state index contributed by atoms with van der Waals surface area (Å²) >= 11 is 3.58. The van der Waals surface area contributed by atoms with Crippen LogP contribution < -0.4 is 16.0 Å². The molecule has 0 bridgehead atoms. The highest BCUT2D eigenvalue weighted by atomic mass is 79.9. The summed E-state index contributed by atoms with van der Waals surface area (Å²) < 4.78 is 0.976. The molecule has 2 rings (SSSR count). The van der Waals surface area contributed by atoms with Crippen molar-refractivity contribution in [2.24, 2.45) is 5.73 Å². The first-order valence-corrected chi connectivity index (χ1v) is 7.37. The normalized spacial score (nSPS) is 19.0. The molecule has 0 fully saturated rings. The van der Waals surface area contributed by atoms with Gasteiger partial charge in [-0.2, -0.15) is 0 Å². The molecule has 0 radical (unpaired) electrons. The van der Waals surface area contributed by atoms with Gasteiger partial charge in [-0.15, -0.1) is 0 Å². The number of hydrogen-bond acceptors (Lipinski definition) is 3. The highest BCUT2D eigenvalue weighted by Crippen LogP contribution is 2.38. The fourth-order valence-electron chi connectivity index (χ4n) is 2.41. The van der Waals surface area contributed by atoms with Gasteiger partial charge in [-0.25, -0.2) is 0 Å². The molecular formula is C14H20BrN3O. The average molecular weight is 326 g/mol. The number of nitrogens with zero attached hydrogens (tertiary/aromatic N) is 1. The van der Waals surface area contributed by atoms with E-state index in [2.05, 4.69) is 47.0 Å². The lowest BCUT2D eigenvalue weighted by atomic mass is 10.1. The Morgan fingerprint density at radius 1 is 1.53 bits per heavy atom. The van der Waals surface area contributed by atoms with E-state index in [0.29, 0.717) is 6.04 Å². The van der Waals surface area contributed by atoms with Crippen molar-refractivity contribution in [3.05, 3.63) is 22.2 Å². The van der Waals surface area contributed by atoms with Crippen LogP contribution in [0, 0.1) is 0 Å². The highest BCUT2D eigenvalue weighted by Gasteiger charge is 2.29. The number of anilines is 2. The molecule has 1 aromatic carbocycles. The van der Waals surface area contributed by atoms with Gasteiger partial charge < -0.3 is 16.0 Å². The number of carbonyl (C=O) groups is 1. The Bertz CT molecular complexity index is 504. The quantitative estimate of drug-likeness (QED) is 0.894. The fourth-order valence-corrected chi connectivity index (χ4v) is 3.05. The van der Waals surface area contributed by atoms with Gasteiger partial charge in [0.25, 0.3) is 0 Å². The maximum absolute atomic E-state index is 11.6. The number of fused-ring (bicyclic) bond motifs is 1. The summed E-state index contributed by atoms with van der Waals surface area (Å²) in [4.78, 5) is 13.8. The first-order valence-electron chi connectivity index (χ1n) is 6.58. The second kappa shape index (κ2) is 5.51. The molecule has 1 heterocycles. The van der Waals surface area contributed by atoms with Crippen LogP contribution in [0.15, 0.2) is 16.6 Å². The van der Waals surface area contributed by atoms with Gasteiger partial charge in [-0.3, -0.25) is 4.79 Å². The molecule has 0 aromatic heterocycles. The second-order valence-corrected chi connectivity index (χ2v) is 5.96. The van der Waals surface area contributed by atoms with Crippen molar-refractivity contribution in [3.8, 4) is 0 Å². The van der Waals surface area contributed by atoms with Crippen molar-refractivity contribution in [3.63, 3.8) is 0 Å². The molecule has 4 nitrogen and oxygen atoms in total. The number of benzene rings is 1. The summed E-state index contributed by atoms with van der Waals surface area (Å²) in [7, 11) is 2.07. The van der Waals surface area contributed by atoms with E-state index in [4.69, 9.17) is 5.73 Å². The number of halogens is 1. The van der Waals surface area contributed by atoms with Crippen molar-refractivity contribution in [2.45, 2.75) is 38.8 Å². The van der Waals surface area contributed by atoms with Gasteiger partial charge in [0, 0.05) is 28.8 Å². The molecule has 0 spiro atoms. The van der Waals surface area contributed by atoms with Gasteiger partial charge in [-0.1, -0.05) is 13.3 Å². The van der Waals surface area contributed by atoms with Crippen molar-refractivity contribution < 1.29 is 4.79 Å². The number of amides is 1. The maximum atomic E-state index is 11.6. The lowest BCUT2D eigenvalue weighted by Gasteiger charge is -2.28. The highest BCUT2D eigenvalue weighted by molar-refractivity contribution is 9.10. The Morgan fingerprint density at radius 3 is 2.84 bits per heavy atom. The molecule has 1 aromatic rings. The molecule has 0 saturated carbocycles. The predicted molar refractivity (Wildman–Crippen MR) is 82.5 cm³/mol. The Labute approximate surface area is 122 Å². The van der Waals surface area contributed by atoms with Gasteiger partial charge in [0.1, 0.15) is 6.04 Å². The van der Waals surface area contributed by atoms with E-state index in [0.717, 1.165) is 34.3 Å². The van der Waals surface area contributed by atoms with E-state index < -0.39 is 6.04 Å². The van der Waals surface area contributed by atoms with E-state index in [1.54, 1.807) is 0 Å². The first-order chi connectivity index (χ1) is 8.95. The largest absolute Gasteiger partial charge is 0.371 e. The molecule has 1 amide bonds. The molecule has 3 N–H and O–H groups in total. The molecule has 1 aliphatic heterocycles. The summed E-state index contributed by atoms with van der Waals surface area (Å²) in [6, 6.07) is 3.84. The molecule has 19 heavy (non-hydrogen) atoms. The fraction of sp³-hybridized carbons (Fsp3) is 0.500. The van der Waals surface area contributed by atoms with Crippen LogP contribution in [0.2, 0.25) is 0 Å². The van der Waals surface area contributed by atoms with E-state index in [9.17, 15) is 4.79 Å². The third-order valence-corrected chi connectivity index (χ3v) is 4.38. The van der Waals surface area contributed by atoms with Crippen LogP contribution >= 0.6 is 15.9 Å². The van der Waals surface area contributed by atoms with Crippen LogP contribution in [0.3, 0.4) is 0 Å². The van der Waals surface area contributed by atoms with Crippen LogP contribution in [-0.2, 0) is 4.79 Å². The molecule has 1 aliphatic rings. The van der Waals surface area contributed by atoms with Crippen LogP contribution in [-0.4, -0.2) is 19.0 Å². The van der Waals surface area contributed by atoms with Crippen molar-refractivity contribution in [1.82, 2.24) is 0 Å². The molecule has 0 aliphatic carbocycles. The maximum Gasteiger partial charge on any atom is 0.245 e. The zero-order valence-corrected chi connectivity index (χ0v) is 13.1. The Hall–Kier alpha value is -1.07. The summed E-state index contributed by atoms with van der Waals surface area (Å²) in [5.41, 5.74) is 8.61. The summed E-state index contributed by atoms with van der Waals surface area (Å²) in [6.07, 6.45) is 2.28. The predicted octanol–water partition coefficient (Wildman–Crippen LogP) is 3.03. The lowest BCUT2D eigenvalue weighted by molar-refractivity contribution is -0.116. The van der Waals surface area contributed by atoms with Crippen LogP contribution in [0.4, 0.5) is 11.4 Å². The molecule has 2 unspecified atom stereocenters. The number of hydrogen-bond donors (Lipinski definition) is 2. The third-order valence-electron chi connectivity index (χ3n) is 3.74. The van der Waals surface area contributed by atoms with Crippen LogP contribution in [0.25, 0.3) is 0 Å². The standard InChI is InChI=1S/C14H20BrN3O/c1-4-5-8(2)18(3)12-7-11-9(6-10(12)15)13(16)14(19)17-11/h6-8,13H,4-5,16H2,1-3H3,(H,17,19). The van der Waals surface area contributed by atoms with E-state index in [-0.39, 0.29) is 5.91 Å². The zero-order valence-electron chi connectivity index (χ0n) is 11.5. The minimum atomic E-state index is -0.557. The number of nitrogens with one attached hydrogen (secondary N) is 1. The number of carbonyl (C=O) groups excluding carboxylic acids is 1. The van der Waals surface area contributed by atoms with Crippen molar-refractivity contribution in [2.75, 3.05) is 17.3 Å². The second-order valence-electron chi connectivity index (χ2n) is 5.11. The molecule has 0 saturated heterocycles. The van der Waals surface area contributed by atoms with Gasteiger partial charge in [-0.05, 0) is 41.4 Å². The summed E-state index contributed by atoms with van der Waals surface area (Å²) in [5.74, 6) is -0.136. The monoisotopic (exact) mass is 325 g/mol. The van der Waals surface area contributed by atoms with Crippen molar-refractivity contribution in [1.29, 1.82) is 0 Å². The summed E-state index contributed by atoms with van der Waals surface area (Å²) in [5, 5.41) is 2.83. The minimum Gasteiger partial charge on any atom is -0.371 e. The third kappa shape index (κ3) is 2.62. The summed E-state index contributed by atoms with van der Waals surface area (Å²) in [6.45, 7) is 4.38. The SMILES string of the molecule is CCCC(C)N(C)c1cc2c(cc1Br)C(N)C(=O)N2. The first kappa shape index (κ1) is 14.3. The minimum absolute atomic E-state index is 0.136. The molecule has 2 atom stereocenters. The van der Waals surface area contributed by atoms with E-state index >= 15 is 0 Å². The molecule has 104 valence electrons. The van der Waals surface area contributed by atoms with E-state index in [1.807, 2.05) is 12.1 Å². The number of nitrogens with two attached hydrogens (primary N) is 1. The van der Waals surface area contributed by atoms with E-state index in [1.165, 1.54) is 0 Å².